The first-order valence-electron chi connectivity index (χ1n) is 10.8. The molecule has 2 heterocycles. The third-order valence-corrected chi connectivity index (χ3v) is 5.78. The van der Waals surface area contributed by atoms with Crippen LogP contribution in [-0.4, -0.2) is 62.7 Å². The van der Waals surface area contributed by atoms with Gasteiger partial charge in [0.05, 0.1) is 32.5 Å². The molecule has 174 valence electrons. The van der Waals surface area contributed by atoms with Gasteiger partial charge in [0.15, 0.2) is 11.5 Å². The van der Waals surface area contributed by atoms with Crippen molar-refractivity contribution in [2.45, 2.75) is 19.4 Å². The fraction of sp³-hybridized carbons (Fsp3) is 0.375. The molecule has 0 amide bonds. The maximum atomic E-state index is 12.9. The minimum atomic E-state index is -0.409. The summed E-state index contributed by atoms with van der Waals surface area (Å²) in [7, 11) is 8.47. The van der Waals surface area contributed by atoms with Gasteiger partial charge in [0, 0.05) is 39.7 Å². The molecule has 1 saturated heterocycles. The lowest BCUT2D eigenvalue weighted by molar-refractivity contribution is 0.327. The second-order valence-corrected chi connectivity index (χ2v) is 8.01. The van der Waals surface area contributed by atoms with E-state index < -0.39 is 5.56 Å². The molecule has 33 heavy (non-hydrogen) atoms. The zero-order chi connectivity index (χ0) is 23.5. The van der Waals surface area contributed by atoms with E-state index >= 15 is 0 Å². The van der Waals surface area contributed by atoms with Gasteiger partial charge in [-0.05, 0) is 24.1 Å². The summed E-state index contributed by atoms with van der Waals surface area (Å²) in [6, 6.07) is 9.81. The van der Waals surface area contributed by atoms with E-state index in [1.54, 1.807) is 6.07 Å². The second-order valence-electron chi connectivity index (χ2n) is 8.01. The number of H-pyrrole nitrogens is 1. The van der Waals surface area contributed by atoms with Crippen LogP contribution in [0, 0.1) is 0 Å². The molecule has 1 aliphatic heterocycles. The monoisotopic (exact) mass is 451 g/mol. The highest BCUT2D eigenvalue weighted by molar-refractivity contribution is 5.90. The normalized spacial score (nSPS) is 14.7. The van der Waals surface area contributed by atoms with Crippen LogP contribution in [0.4, 0.5) is 11.6 Å². The SMILES string of the molecule is COc1cc2[nH]c(N(C)Cc3cccc(/N=C4\CCCN4C)c3)nc(=O)c2c(OC)c1OC. The highest BCUT2D eigenvalue weighted by atomic mass is 16.5. The number of fused-ring (bicyclic) bond motifs is 1. The Morgan fingerprint density at radius 3 is 2.61 bits per heavy atom. The number of rotatable bonds is 7. The third kappa shape index (κ3) is 4.44. The van der Waals surface area contributed by atoms with Crippen LogP contribution in [0.15, 0.2) is 40.1 Å². The molecule has 1 aliphatic rings. The van der Waals surface area contributed by atoms with Gasteiger partial charge in [0.2, 0.25) is 11.7 Å². The number of nitrogens with zero attached hydrogens (tertiary/aromatic N) is 4. The molecule has 9 heteroatoms. The number of amidine groups is 1. The number of aliphatic imine (C=N–C) groups is 1. The van der Waals surface area contributed by atoms with Crippen LogP contribution in [0.25, 0.3) is 10.9 Å². The van der Waals surface area contributed by atoms with Gasteiger partial charge in [-0.15, -0.1) is 0 Å². The predicted molar refractivity (Wildman–Crippen MR) is 130 cm³/mol. The van der Waals surface area contributed by atoms with Crippen LogP contribution in [0.2, 0.25) is 0 Å². The zero-order valence-corrected chi connectivity index (χ0v) is 19.6. The lowest BCUT2D eigenvalue weighted by Gasteiger charge is -2.20. The topological polar surface area (TPSA) is 92.3 Å². The summed E-state index contributed by atoms with van der Waals surface area (Å²) in [5, 5.41) is 0.311. The molecule has 3 aromatic rings. The Bertz CT molecular complexity index is 1250. The largest absolute Gasteiger partial charge is 0.493 e. The Morgan fingerprint density at radius 1 is 1.15 bits per heavy atom. The van der Waals surface area contributed by atoms with Gasteiger partial charge >= 0.3 is 0 Å². The second kappa shape index (κ2) is 9.40. The third-order valence-electron chi connectivity index (χ3n) is 5.78. The summed E-state index contributed by atoms with van der Waals surface area (Å²) in [5.74, 6) is 2.65. The smallest absolute Gasteiger partial charge is 0.286 e. The fourth-order valence-electron chi connectivity index (χ4n) is 4.11. The summed E-state index contributed by atoms with van der Waals surface area (Å²) in [4.78, 5) is 29.3. The number of hydrogen-bond donors (Lipinski definition) is 1. The minimum absolute atomic E-state index is 0.290. The number of benzene rings is 2. The Kier molecular flexibility index (Phi) is 6.39. The maximum absolute atomic E-state index is 12.9. The minimum Gasteiger partial charge on any atom is -0.493 e. The summed E-state index contributed by atoms with van der Waals surface area (Å²) >= 11 is 0. The lowest BCUT2D eigenvalue weighted by atomic mass is 10.2. The summed E-state index contributed by atoms with van der Waals surface area (Å²) in [6.45, 7) is 1.59. The molecule has 2 aromatic carbocycles. The number of anilines is 1. The van der Waals surface area contributed by atoms with Crippen molar-refractivity contribution in [2.24, 2.45) is 4.99 Å². The van der Waals surface area contributed by atoms with Crippen molar-refractivity contribution in [3.05, 3.63) is 46.2 Å². The van der Waals surface area contributed by atoms with Gasteiger partial charge in [-0.25, -0.2) is 4.99 Å². The predicted octanol–water partition coefficient (Wildman–Crippen LogP) is 3.34. The molecule has 1 fully saturated rings. The number of nitrogens with one attached hydrogen (secondary N) is 1. The van der Waals surface area contributed by atoms with E-state index in [0.29, 0.717) is 40.6 Å². The fourth-order valence-corrected chi connectivity index (χ4v) is 4.11. The van der Waals surface area contributed by atoms with Crippen LogP contribution in [0.5, 0.6) is 17.2 Å². The van der Waals surface area contributed by atoms with E-state index in [1.165, 1.54) is 21.3 Å². The van der Waals surface area contributed by atoms with E-state index in [2.05, 4.69) is 28.0 Å². The molecule has 0 bridgehead atoms. The summed E-state index contributed by atoms with van der Waals surface area (Å²) in [6.07, 6.45) is 2.14. The average Bonchev–Trinajstić information content (AvgIpc) is 3.21. The number of likely N-dealkylation sites (tertiary alicyclic amines) is 1. The highest BCUT2D eigenvalue weighted by Crippen LogP contribution is 2.41. The van der Waals surface area contributed by atoms with Crippen molar-refractivity contribution in [3.8, 4) is 17.2 Å². The Hall–Kier alpha value is -3.75. The van der Waals surface area contributed by atoms with Gasteiger partial charge in [-0.1, -0.05) is 12.1 Å². The van der Waals surface area contributed by atoms with Crippen LogP contribution >= 0.6 is 0 Å². The number of aromatic amines is 1. The molecule has 1 aromatic heterocycles. The van der Waals surface area contributed by atoms with Crippen molar-refractivity contribution in [1.82, 2.24) is 14.9 Å². The van der Waals surface area contributed by atoms with Crippen LogP contribution < -0.4 is 24.7 Å². The maximum Gasteiger partial charge on any atom is 0.286 e. The number of hydrogen-bond acceptors (Lipinski definition) is 7. The van der Waals surface area contributed by atoms with E-state index in [1.807, 2.05) is 30.1 Å². The van der Waals surface area contributed by atoms with Gasteiger partial charge in [-0.2, -0.15) is 4.98 Å². The number of methoxy groups -OCH3 is 3. The van der Waals surface area contributed by atoms with Gasteiger partial charge < -0.3 is 29.0 Å². The molecule has 0 radical (unpaired) electrons. The molecule has 0 saturated carbocycles. The van der Waals surface area contributed by atoms with E-state index in [4.69, 9.17) is 19.2 Å². The Balaban J connectivity index is 1.66. The number of ether oxygens (including phenoxy) is 3. The lowest BCUT2D eigenvalue weighted by Crippen LogP contribution is -2.23. The summed E-state index contributed by atoms with van der Waals surface area (Å²) < 4.78 is 16.3. The van der Waals surface area contributed by atoms with Crippen LogP contribution in [-0.2, 0) is 6.54 Å². The van der Waals surface area contributed by atoms with Crippen molar-refractivity contribution >= 4 is 28.4 Å². The molecule has 0 atom stereocenters. The number of aromatic nitrogens is 2. The molecule has 9 nitrogen and oxygen atoms in total. The molecule has 0 unspecified atom stereocenters. The average molecular weight is 452 g/mol. The first kappa shape index (κ1) is 22.4. The van der Waals surface area contributed by atoms with Gasteiger partial charge in [0.1, 0.15) is 11.2 Å². The highest BCUT2D eigenvalue weighted by Gasteiger charge is 2.20. The van der Waals surface area contributed by atoms with Crippen molar-refractivity contribution in [2.75, 3.05) is 46.9 Å². The van der Waals surface area contributed by atoms with E-state index in [-0.39, 0.29) is 0 Å². The molecule has 1 N–H and O–H groups in total. The molecule has 4 rings (SSSR count). The molecule has 0 spiro atoms. The first-order valence-corrected chi connectivity index (χ1v) is 10.8. The van der Waals surface area contributed by atoms with Crippen LogP contribution in [0.3, 0.4) is 0 Å². The quantitative estimate of drug-likeness (QED) is 0.589. The Morgan fingerprint density at radius 2 is 1.94 bits per heavy atom. The molecular weight excluding hydrogens is 422 g/mol. The van der Waals surface area contributed by atoms with Crippen LogP contribution in [0.1, 0.15) is 18.4 Å². The zero-order valence-electron chi connectivity index (χ0n) is 19.6. The molecule has 0 aliphatic carbocycles. The van der Waals surface area contributed by atoms with Gasteiger partial charge in [-0.3, -0.25) is 4.79 Å². The van der Waals surface area contributed by atoms with E-state index in [0.717, 1.165) is 36.5 Å². The van der Waals surface area contributed by atoms with Gasteiger partial charge in [0.25, 0.3) is 5.56 Å². The Labute approximate surface area is 192 Å². The first-order chi connectivity index (χ1) is 15.9. The van der Waals surface area contributed by atoms with Crippen molar-refractivity contribution in [1.29, 1.82) is 0 Å². The van der Waals surface area contributed by atoms with Crippen molar-refractivity contribution in [3.63, 3.8) is 0 Å². The standard InChI is InChI=1S/C24H29N5O4/c1-28-11-7-10-19(28)25-16-9-6-8-15(12-16)14-29(2)24-26-17-13-18(31-3)21(32-4)22(33-5)20(17)23(30)27-24/h6,8-9,12-13H,7,10-11,14H2,1-5H3,(H,26,27,30)/b25-19+. The van der Waals surface area contributed by atoms with Crippen molar-refractivity contribution < 1.29 is 14.2 Å². The summed E-state index contributed by atoms with van der Waals surface area (Å²) in [5.41, 5.74) is 2.13. The molecular formula is C24H29N5O4. The van der Waals surface area contributed by atoms with E-state index in [9.17, 15) is 4.79 Å².